The molecule has 1 aliphatic heterocycles. The van der Waals surface area contributed by atoms with Crippen LogP contribution in [0, 0.1) is 0 Å². The van der Waals surface area contributed by atoms with Gasteiger partial charge < -0.3 is 0 Å². The predicted molar refractivity (Wildman–Crippen MR) is 111 cm³/mol. The molecule has 5 rings (SSSR count). The third kappa shape index (κ3) is 3.62. The van der Waals surface area contributed by atoms with E-state index in [4.69, 9.17) is 0 Å². The van der Waals surface area contributed by atoms with Crippen molar-refractivity contribution in [3.63, 3.8) is 0 Å². The highest BCUT2D eigenvalue weighted by Crippen LogP contribution is 2.28. The molecule has 1 aliphatic rings. The molecule has 7 nitrogen and oxygen atoms in total. The van der Waals surface area contributed by atoms with Crippen molar-refractivity contribution in [2.45, 2.75) is 12.6 Å². The first-order chi connectivity index (χ1) is 14.3. The maximum atomic E-state index is 4.56. The van der Waals surface area contributed by atoms with Crippen molar-refractivity contribution < 1.29 is 0 Å². The largest absolute Gasteiger partial charge is 0.295 e. The van der Waals surface area contributed by atoms with E-state index in [1.165, 1.54) is 0 Å². The van der Waals surface area contributed by atoms with Gasteiger partial charge in [0, 0.05) is 56.5 Å². The van der Waals surface area contributed by atoms with Crippen LogP contribution in [-0.2, 0) is 6.54 Å². The van der Waals surface area contributed by atoms with Crippen LogP contribution in [0.2, 0.25) is 0 Å². The topological polar surface area (TPSA) is 62.5 Å². The third-order valence-electron chi connectivity index (χ3n) is 5.61. The standard InChI is InChI=1S/C22H23N7/c1-27-12-13-28(15-19-4-2-3-9-24-19)16-21(27)22-20-6-5-18(14-29(20)26-25-22)17-7-10-23-11-8-17/h2-11,14,21H,12-13,15-16H2,1H3/t21-/m1/s1. The highest BCUT2D eigenvalue weighted by Gasteiger charge is 2.29. The highest BCUT2D eigenvalue weighted by atomic mass is 15.4. The molecule has 0 amide bonds. The molecular formula is C22H23N7. The van der Waals surface area contributed by atoms with E-state index in [2.05, 4.69) is 55.3 Å². The molecule has 4 aromatic rings. The molecule has 1 saturated heterocycles. The maximum Gasteiger partial charge on any atom is 0.109 e. The number of nitrogens with zero attached hydrogens (tertiary/aromatic N) is 7. The van der Waals surface area contributed by atoms with Crippen LogP contribution < -0.4 is 0 Å². The zero-order chi connectivity index (χ0) is 19.6. The highest BCUT2D eigenvalue weighted by molar-refractivity contribution is 5.65. The van der Waals surface area contributed by atoms with Crippen LogP contribution in [0.5, 0.6) is 0 Å². The summed E-state index contributed by atoms with van der Waals surface area (Å²) < 4.78 is 1.89. The molecule has 5 heterocycles. The normalized spacial score (nSPS) is 18.3. The van der Waals surface area contributed by atoms with Crippen LogP contribution in [-0.4, -0.2) is 61.3 Å². The van der Waals surface area contributed by atoms with Crippen LogP contribution in [0.25, 0.3) is 16.6 Å². The van der Waals surface area contributed by atoms with Crippen molar-refractivity contribution in [2.75, 3.05) is 26.7 Å². The van der Waals surface area contributed by atoms with Crippen molar-refractivity contribution >= 4 is 5.52 Å². The molecule has 0 N–H and O–H groups in total. The first kappa shape index (κ1) is 17.9. The molecule has 0 saturated carbocycles. The molecule has 1 fully saturated rings. The van der Waals surface area contributed by atoms with Crippen LogP contribution in [0.4, 0.5) is 0 Å². The Morgan fingerprint density at radius 2 is 1.86 bits per heavy atom. The number of pyridine rings is 3. The molecule has 0 bridgehead atoms. The first-order valence-electron chi connectivity index (χ1n) is 9.86. The molecule has 7 heteroatoms. The van der Waals surface area contributed by atoms with E-state index in [0.29, 0.717) is 0 Å². The van der Waals surface area contributed by atoms with Crippen LogP contribution in [0.1, 0.15) is 17.4 Å². The van der Waals surface area contributed by atoms with Gasteiger partial charge in [0.05, 0.1) is 17.3 Å². The van der Waals surface area contributed by atoms with Crippen LogP contribution in [0.3, 0.4) is 0 Å². The van der Waals surface area contributed by atoms with Gasteiger partial charge in [-0.25, -0.2) is 4.52 Å². The minimum Gasteiger partial charge on any atom is -0.295 e. The Morgan fingerprint density at radius 1 is 0.966 bits per heavy atom. The summed E-state index contributed by atoms with van der Waals surface area (Å²) in [6.07, 6.45) is 7.50. The molecular weight excluding hydrogens is 362 g/mol. The van der Waals surface area contributed by atoms with Crippen molar-refractivity contribution in [1.82, 2.24) is 34.6 Å². The van der Waals surface area contributed by atoms with E-state index >= 15 is 0 Å². The minimum atomic E-state index is 0.205. The lowest BCUT2D eigenvalue weighted by molar-refractivity contribution is 0.0881. The van der Waals surface area contributed by atoms with Gasteiger partial charge >= 0.3 is 0 Å². The zero-order valence-corrected chi connectivity index (χ0v) is 16.4. The number of rotatable bonds is 4. The second kappa shape index (κ2) is 7.69. The predicted octanol–water partition coefficient (Wildman–Crippen LogP) is 2.68. The monoisotopic (exact) mass is 385 g/mol. The summed E-state index contributed by atoms with van der Waals surface area (Å²) in [5.41, 5.74) is 5.41. The summed E-state index contributed by atoms with van der Waals surface area (Å²) in [4.78, 5) is 13.4. The molecule has 0 unspecified atom stereocenters. The molecule has 0 aromatic carbocycles. The number of piperazine rings is 1. The summed E-state index contributed by atoms with van der Waals surface area (Å²) in [6, 6.07) is 14.6. The molecule has 0 aliphatic carbocycles. The second-order valence-corrected chi connectivity index (χ2v) is 7.51. The summed E-state index contributed by atoms with van der Waals surface area (Å²) in [5.74, 6) is 0. The molecule has 0 spiro atoms. The zero-order valence-electron chi connectivity index (χ0n) is 16.4. The summed E-state index contributed by atoms with van der Waals surface area (Å²) in [5, 5.41) is 8.98. The summed E-state index contributed by atoms with van der Waals surface area (Å²) in [7, 11) is 2.17. The average molecular weight is 385 g/mol. The van der Waals surface area contributed by atoms with Crippen molar-refractivity contribution in [3.05, 3.63) is 78.6 Å². The number of hydrogen-bond donors (Lipinski definition) is 0. The molecule has 4 aromatic heterocycles. The Morgan fingerprint density at radius 3 is 2.69 bits per heavy atom. The SMILES string of the molecule is CN1CCN(Cc2ccccn2)C[C@@H]1c1nnn2cc(-c3ccncc3)ccc12. The Kier molecular flexibility index (Phi) is 4.75. The fourth-order valence-corrected chi connectivity index (χ4v) is 3.96. The van der Waals surface area contributed by atoms with E-state index in [0.717, 1.165) is 54.2 Å². The van der Waals surface area contributed by atoms with E-state index in [1.807, 2.05) is 41.2 Å². The molecule has 1 atom stereocenters. The summed E-state index contributed by atoms with van der Waals surface area (Å²) in [6.45, 7) is 3.78. The van der Waals surface area contributed by atoms with E-state index in [1.54, 1.807) is 12.4 Å². The smallest absolute Gasteiger partial charge is 0.109 e. The lowest BCUT2D eigenvalue weighted by atomic mass is 10.1. The number of likely N-dealkylation sites (N-methyl/N-ethyl adjacent to an activating group) is 1. The van der Waals surface area contributed by atoms with Gasteiger partial charge in [0.15, 0.2) is 0 Å². The quantitative estimate of drug-likeness (QED) is 0.538. The maximum absolute atomic E-state index is 4.56. The van der Waals surface area contributed by atoms with Gasteiger partial charge in [-0.1, -0.05) is 17.3 Å². The fourth-order valence-electron chi connectivity index (χ4n) is 3.96. The summed E-state index contributed by atoms with van der Waals surface area (Å²) >= 11 is 0. The lowest BCUT2D eigenvalue weighted by Gasteiger charge is -2.38. The van der Waals surface area contributed by atoms with Crippen LogP contribution in [0.15, 0.2) is 67.3 Å². The van der Waals surface area contributed by atoms with Gasteiger partial charge in [-0.3, -0.25) is 19.8 Å². The average Bonchev–Trinajstić information content (AvgIpc) is 3.19. The van der Waals surface area contributed by atoms with E-state index < -0.39 is 0 Å². The van der Waals surface area contributed by atoms with Gasteiger partial charge in [0.2, 0.25) is 0 Å². The Bertz CT molecular complexity index is 1090. The minimum absolute atomic E-state index is 0.205. The fraction of sp³-hybridized carbons (Fsp3) is 0.273. The van der Waals surface area contributed by atoms with Gasteiger partial charge in [0.25, 0.3) is 0 Å². The lowest BCUT2D eigenvalue weighted by Crippen LogP contribution is -2.46. The van der Waals surface area contributed by atoms with Gasteiger partial charge in [0.1, 0.15) is 5.69 Å². The first-order valence-corrected chi connectivity index (χ1v) is 9.86. The number of hydrogen-bond acceptors (Lipinski definition) is 6. The molecule has 146 valence electrons. The van der Waals surface area contributed by atoms with Gasteiger partial charge in [-0.2, -0.15) is 0 Å². The number of aromatic nitrogens is 5. The van der Waals surface area contributed by atoms with Crippen molar-refractivity contribution in [3.8, 4) is 11.1 Å². The Balaban J connectivity index is 1.41. The van der Waals surface area contributed by atoms with E-state index in [9.17, 15) is 0 Å². The van der Waals surface area contributed by atoms with Crippen molar-refractivity contribution in [1.29, 1.82) is 0 Å². The number of fused-ring (bicyclic) bond motifs is 1. The Labute approximate surface area is 169 Å². The molecule has 29 heavy (non-hydrogen) atoms. The van der Waals surface area contributed by atoms with Crippen molar-refractivity contribution in [2.24, 2.45) is 0 Å². The van der Waals surface area contributed by atoms with Gasteiger partial charge in [-0.05, 0) is 42.9 Å². The van der Waals surface area contributed by atoms with Crippen LogP contribution >= 0.6 is 0 Å². The van der Waals surface area contributed by atoms with Gasteiger partial charge in [-0.15, -0.1) is 5.10 Å². The Hall–Kier alpha value is -3.16. The van der Waals surface area contributed by atoms with E-state index in [-0.39, 0.29) is 6.04 Å². The molecule has 0 radical (unpaired) electrons. The second-order valence-electron chi connectivity index (χ2n) is 7.51. The third-order valence-corrected chi connectivity index (χ3v) is 5.61.